The van der Waals surface area contributed by atoms with Gasteiger partial charge in [-0.2, -0.15) is 13.2 Å². The van der Waals surface area contributed by atoms with E-state index < -0.39 is 18.6 Å². The van der Waals surface area contributed by atoms with Gasteiger partial charge in [-0.15, -0.1) is 0 Å². The van der Waals surface area contributed by atoms with Gasteiger partial charge in [-0.3, -0.25) is 14.5 Å². The van der Waals surface area contributed by atoms with Gasteiger partial charge >= 0.3 is 6.18 Å². The van der Waals surface area contributed by atoms with E-state index >= 15 is 0 Å². The second-order valence-electron chi connectivity index (χ2n) is 5.36. The molecule has 21 heavy (non-hydrogen) atoms. The van der Waals surface area contributed by atoms with E-state index in [1.807, 2.05) is 13.8 Å². The van der Waals surface area contributed by atoms with E-state index in [1.165, 1.54) is 4.90 Å². The van der Waals surface area contributed by atoms with Crippen molar-refractivity contribution in [2.75, 3.05) is 6.54 Å². The van der Waals surface area contributed by atoms with Crippen LogP contribution in [0.2, 0.25) is 0 Å². The Hall–Kier alpha value is -1.11. The highest BCUT2D eigenvalue weighted by Crippen LogP contribution is 2.22. The molecule has 1 saturated heterocycles. The van der Waals surface area contributed by atoms with Crippen LogP contribution in [-0.4, -0.2) is 41.5 Å². The van der Waals surface area contributed by atoms with Gasteiger partial charge in [0.15, 0.2) is 0 Å². The minimum Gasteiger partial charge on any atom is -0.305 e. The molecule has 4 nitrogen and oxygen atoms in total. The fraction of sp³-hybridized carbons (Fsp3) is 0.857. The molecule has 0 aromatic carbocycles. The molecular weight excluding hydrogens is 285 g/mol. The molecule has 1 heterocycles. The van der Waals surface area contributed by atoms with Gasteiger partial charge in [-0.05, 0) is 32.2 Å². The summed E-state index contributed by atoms with van der Waals surface area (Å²) in [5, 5.41) is 2.90. The molecule has 1 aliphatic heterocycles. The fourth-order valence-electron chi connectivity index (χ4n) is 2.57. The average molecular weight is 308 g/mol. The molecule has 0 radical (unpaired) electrons. The van der Waals surface area contributed by atoms with Gasteiger partial charge in [0.2, 0.25) is 11.8 Å². The highest BCUT2D eigenvalue weighted by molar-refractivity contribution is 6.05. The number of carbonyl (C=O) groups excluding carboxylic acids is 2. The number of hydrogen-bond donors (Lipinski definition) is 1. The van der Waals surface area contributed by atoms with Crippen LogP contribution in [-0.2, 0) is 9.59 Å². The molecule has 0 aliphatic carbocycles. The molecule has 1 N–H and O–H groups in total. The van der Waals surface area contributed by atoms with Crippen molar-refractivity contribution in [3.8, 4) is 0 Å². The Labute approximate surface area is 123 Å². The number of amides is 2. The van der Waals surface area contributed by atoms with Crippen molar-refractivity contribution in [1.29, 1.82) is 0 Å². The number of nitrogens with one attached hydrogen (secondary N) is 1. The Morgan fingerprint density at radius 3 is 2.38 bits per heavy atom. The van der Waals surface area contributed by atoms with Crippen LogP contribution in [0.3, 0.4) is 0 Å². The summed E-state index contributed by atoms with van der Waals surface area (Å²) < 4.78 is 36.0. The molecule has 1 atom stereocenters. The smallest absolute Gasteiger partial charge is 0.305 e. The SMILES string of the molecule is CCC(CC)N1C(=O)CC(NCCCCC(F)(F)F)C1=O. The monoisotopic (exact) mass is 308 g/mol. The van der Waals surface area contributed by atoms with Crippen LogP contribution in [0.15, 0.2) is 0 Å². The van der Waals surface area contributed by atoms with Crippen LogP contribution in [0.1, 0.15) is 52.4 Å². The summed E-state index contributed by atoms with van der Waals surface area (Å²) in [5.74, 6) is -0.439. The van der Waals surface area contributed by atoms with Crippen molar-refractivity contribution < 1.29 is 22.8 Å². The van der Waals surface area contributed by atoms with Gasteiger partial charge < -0.3 is 5.32 Å². The Balaban J connectivity index is 2.38. The van der Waals surface area contributed by atoms with Crippen molar-refractivity contribution >= 4 is 11.8 Å². The van der Waals surface area contributed by atoms with Crippen molar-refractivity contribution in [3.05, 3.63) is 0 Å². The molecule has 2 amide bonds. The summed E-state index contributed by atoms with van der Waals surface area (Å²) in [6, 6.07) is -0.661. The van der Waals surface area contributed by atoms with E-state index in [4.69, 9.17) is 0 Å². The Bertz CT molecular complexity index is 368. The summed E-state index contributed by atoms with van der Waals surface area (Å²) in [4.78, 5) is 25.4. The largest absolute Gasteiger partial charge is 0.389 e. The number of carbonyl (C=O) groups is 2. The summed E-state index contributed by atoms with van der Waals surface area (Å²) in [6.45, 7) is 4.16. The fourth-order valence-corrected chi connectivity index (χ4v) is 2.57. The average Bonchev–Trinajstić information content (AvgIpc) is 2.66. The summed E-state index contributed by atoms with van der Waals surface area (Å²) in [5.41, 5.74) is 0. The summed E-state index contributed by atoms with van der Waals surface area (Å²) in [7, 11) is 0. The summed E-state index contributed by atoms with van der Waals surface area (Å²) in [6.07, 6.45) is -3.05. The van der Waals surface area contributed by atoms with Crippen LogP contribution >= 0.6 is 0 Å². The van der Waals surface area contributed by atoms with Gasteiger partial charge in [-0.1, -0.05) is 13.8 Å². The lowest BCUT2D eigenvalue weighted by Gasteiger charge is -2.24. The zero-order chi connectivity index (χ0) is 16.0. The first-order valence-corrected chi connectivity index (χ1v) is 7.46. The first kappa shape index (κ1) is 17.9. The molecule has 0 bridgehead atoms. The first-order chi connectivity index (χ1) is 9.80. The Kier molecular flexibility index (Phi) is 6.64. The molecular formula is C14H23F3N2O2. The molecule has 1 aliphatic rings. The molecule has 1 rings (SSSR count). The lowest BCUT2D eigenvalue weighted by atomic mass is 10.1. The first-order valence-electron chi connectivity index (χ1n) is 7.46. The third-order valence-electron chi connectivity index (χ3n) is 3.77. The number of nitrogens with zero attached hydrogens (tertiary/aromatic N) is 1. The van der Waals surface area contributed by atoms with E-state index in [-0.39, 0.29) is 30.7 Å². The van der Waals surface area contributed by atoms with Crippen LogP contribution in [0.4, 0.5) is 13.2 Å². The van der Waals surface area contributed by atoms with Crippen molar-refractivity contribution in [2.45, 2.75) is 70.6 Å². The maximum absolute atomic E-state index is 12.2. The lowest BCUT2D eigenvalue weighted by molar-refractivity contribution is -0.142. The number of unbranched alkanes of at least 4 members (excludes halogenated alkanes) is 1. The maximum Gasteiger partial charge on any atom is 0.389 e. The third-order valence-corrected chi connectivity index (χ3v) is 3.77. The predicted octanol–water partition coefficient (Wildman–Crippen LogP) is 2.62. The predicted molar refractivity (Wildman–Crippen MR) is 72.5 cm³/mol. The van der Waals surface area contributed by atoms with E-state index in [0.717, 1.165) is 0 Å². The zero-order valence-corrected chi connectivity index (χ0v) is 12.5. The van der Waals surface area contributed by atoms with Crippen LogP contribution < -0.4 is 5.32 Å². The molecule has 0 aromatic rings. The van der Waals surface area contributed by atoms with Crippen molar-refractivity contribution in [3.63, 3.8) is 0 Å². The summed E-state index contributed by atoms with van der Waals surface area (Å²) >= 11 is 0. The van der Waals surface area contributed by atoms with Gasteiger partial charge in [0.1, 0.15) is 0 Å². The number of halogens is 3. The van der Waals surface area contributed by atoms with E-state index in [0.29, 0.717) is 25.8 Å². The molecule has 122 valence electrons. The highest BCUT2D eigenvalue weighted by Gasteiger charge is 2.40. The highest BCUT2D eigenvalue weighted by atomic mass is 19.4. The molecule has 0 spiro atoms. The molecule has 1 unspecified atom stereocenters. The third kappa shape index (κ3) is 5.30. The van der Waals surface area contributed by atoms with Crippen LogP contribution in [0, 0.1) is 0 Å². The van der Waals surface area contributed by atoms with E-state index in [9.17, 15) is 22.8 Å². The van der Waals surface area contributed by atoms with Crippen LogP contribution in [0.5, 0.6) is 0 Å². The maximum atomic E-state index is 12.2. The number of hydrogen-bond acceptors (Lipinski definition) is 3. The zero-order valence-electron chi connectivity index (χ0n) is 12.5. The van der Waals surface area contributed by atoms with Gasteiger partial charge in [-0.25, -0.2) is 0 Å². The van der Waals surface area contributed by atoms with Gasteiger partial charge in [0, 0.05) is 12.5 Å². The molecule has 0 saturated carbocycles. The molecule has 0 aromatic heterocycles. The number of rotatable bonds is 8. The minimum absolute atomic E-state index is 0.0294. The Morgan fingerprint density at radius 1 is 1.24 bits per heavy atom. The lowest BCUT2D eigenvalue weighted by Crippen LogP contribution is -2.43. The topological polar surface area (TPSA) is 49.4 Å². The van der Waals surface area contributed by atoms with Gasteiger partial charge in [0.05, 0.1) is 12.5 Å². The second kappa shape index (κ2) is 7.77. The van der Waals surface area contributed by atoms with E-state index in [1.54, 1.807) is 0 Å². The normalized spacial score (nSPS) is 19.9. The van der Waals surface area contributed by atoms with Crippen LogP contribution in [0.25, 0.3) is 0 Å². The Morgan fingerprint density at radius 2 is 1.86 bits per heavy atom. The van der Waals surface area contributed by atoms with Crippen molar-refractivity contribution in [1.82, 2.24) is 10.2 Å². The van der Waals surface area contributed by atoms with Gasteiger partial charge in [0.25, 0.3) is 0 Å². The quantitative estimate of drug-likeness (QED) is 0.554. The van der Waals surface area contributed by atoms with Crippen molar-refractivity contribution in [2.24, 2.45) is 0 Å². The van der Waals surface area contributed by atoms with E-state index in [2.05, 4.69) is 5.32 Å². The second-order valence-corrected chi connectivity index (χ2v) is 5.36. The number of alkyl halides is 3. The molecule has 7 heteroatoms. The molecule has 1 fully saturated rings. The minimum atomic E-state index is -4.13. The number of likely N-dealkylation sites (tertiary alicyclic amines) is 1. The standard InChI is InChI=1S/C14H23F3N2O2/c1-3-10(4-2)19-12(20)9-11(13(19)21)18-8-6-5-7-14(15,16)17/h10-11,18H,3-9H2,1-2H3. The number of imide groups is 1.